The van der Waals surface area contributed by atoms with Gasteiger partial charge in [-0.15, -0.1) is 0 Å². The minimum absolute atomic E-state index is 0. The molecule has 3 rings (SSSR count). The van der Waals surface area contributed by atoms with Gasteiger partial charge in [0, 0.05) is 12.1 Å². The number of nitrogens with zero attached hydrogens (tertiary/aromatic N) is 1. The predicted octanol–water partition coefficient (Wildman–Crippen LogP) is 1.80. The number of carboxylic acids is 1. The minimum atomic E-state index is -0.776. The third kappa shape index (κ3) is 5.05. The number of rotatable bonds is 5. The number of amides is 2. The van der Waals surface area contributed by atoms with Crippen LogP contribution < -0.4 is 10.6 Å². The van der Waals surface area contributed by atoms with Crippen molar-refractivity contribution in [2.45, 2.75) is 45.1 Å². The summed E-state index contributed by atoms with van der Waals surface area (Å²) in [5.74, 6) is -0.823. The molecule has 2 aliphatic rings. The summed E-state index contributed by atoms with van der Waals surface area (Å²) in [6.07, 6.45) is 2.77. The summed E-state index contributed by atoms with van der Waals surface area (Å²) in [4.78, 5) is 35.7. The Balaban J connectivity index is 0.00000243. The molecular weight excluding hydrogens is 334 g/mol. The molecule has 7 nitrogen and oxygen atoms in total. The number of carbonyl (C=O) groups is 3. The Morgan fingerprint density at radius 1 is 1.15 bits per heavy atom. The van der Waals surface area contributed by atoms with Crippen molar-refractivity contribution >= 4 is 23.5 Å². The van der Waals surface area contributed by atoms with Crippen LogP contribution in [0, 0.1) is 0 Å². The second-order valence-corrected chi connectivity index (χ2v) is 6.71. The highest BCUT2D eigenvalue weighted by Crippen LogP contribution is 2.29. The van der Waals surface area contributed by atoms with E-state index in [1.807, 2.05) is 17.0 Å². The fourth-order valence-corrected chi connectivity index (χ4v) is 3.50. The summed E-state index contributed by atoms with van der Waals surface area (Å²) in [6, 6.07) is 7.67. The van der Waals surface area contributed by atoms with Crippen molar-refractivity contribution < 1.29 is 19.5 Å². The minimum Gasteiger partial charge on any atom is -0.480 e. The zero-order valence-corrected chi connectivity index (χ0v) is 14.0. The molecule has 2 heterocycles. The van der Waals surface area contributed by atoms with Crippen LogP contribution >= 0.6 is 0 Å². The molecule has 7 heteroatoms. The van der Waals surface area contributed by atoms with Gasteiger partial charge in [-0.3, -0.25) is 24.6 Å². The van der Waals surface area contributed by atoms with E-state index in [2.05, 4.69) is 22.8 Å². The molecule has 0 aromatic heterocycles. The van der Waals surface area contributed by atoms with Crippen LogP contribution in [-0.4, -0.2) is 53.5 Å². The van der Waals surface area contributed by atoms with E-state index in [9.17, 15) is 14.4 Å². The molecule has 2 aliphatic heterocycles. The first-order valence-corrected chi connectivity index (χ1v) is 8.65. The number of benzene rings is 1. The predicted molar refractivity (Wildman–Crippen MR) is 99.0 cm³/mol. The average Bonchev–Trinajstić information content (AvgIpc) is 2.58. The van der Waals surface area contributed by atoms with Crippen molar-refractivity contribution in [3.63, 3.8) is 0 Å². The number of nitrogens with one attached hydrogen (secondary N) is 2. The first-order chi connectivity index (χ1) is 12.0. The number of carbonyl (C=O) groups excluding carboxylic acids is 2. The van der Waals surface area contributed by atoms with Gasteiger partial charge in [0.2, 0.25) is 11.8 Å². The second kappa shape index (κ2) is 8.80. The zero-order valence-electron chi connectivity index (χ0n) is 14.0. The Morgan fingerprint density at radius 2 is 1.81 bits per heavy atom. The van der Waals surface area contributed by atoms with E-state index in [1.54, 1.807) is 0 Å². The summed E-state index contributed by atoms with van der Waals surface area (Å²) < 4.78 is 0. The van der Waals surface area contributed by atoms with Gasteiger partial charge in [0.15, 0.2) is 0 Å². The number of hydrogen-bond acceptors (Lipinski definition) is 5. The van der Waals surface area contributed by atoms with Gasteiger partial charge in [0.1, 0.15) is 6.04 Å². The standard InChI is InChI=1S/C18H23N3O4.CH4/c22-16-6-5-15(18(25)20-16)19-14-3-1-12(2-4-14)13-7-9-21(10-8-13)11-17(23)24;/h1-4,13,15,19H,5-11H2,(H,23,24)(H,20,22,25);1H4. The van der Waals surface area contributed by atoms with Gasteiger partial charge in [-0.05, 0) is 56.0 Å². The SMILES string of the molecule is C.O=C(O)CN1CCC(c2ccc(NC3CCC(=O)NC3=O)cc2)CC1. The van der Waals surface area contributed by atoms with Gasteiger partial charge in [-0.1, -0.05) is 19.6 Å². The number of aliphatic carboxylic acids is 1. The molecule has 0 spiro atoms. The highest BCUT2D eigenvalue weighted by atomic mass is 16.4. The van der Waals surface area contributed by atoms with E-state index in [-0.39, 0.29) is 31.8 Å². The summed E-state index contributed by atoms with van der Waals surface area (Å²) >= 11 is 0. The number of hydrogen-bond donors (Lipinski definition) is 3. The van der Waals surface area contributed by atoms with Gasteiger partial charge in [-0.25, -0.2) is 0 Å². The number of likely N-dealkylation sites (tertiary alicyclic amines) is 1. The number of imide groups is 1. The van der Waals surface area contributed by atoms with Crippen molar-refractivity contribution in [1.82, 2.24) is 10.2 Å². The van der Waals surface area contributed by atoms with Gasteiger partial charge in [0.25, 0.3) is 0 Å². The lowest BCUT2D eigenvalue weighted by Crippen LogP contribution is -2.47. The van der Waals surface area contributed by atoms with Crippen LogP contribution in [0.25, 0.3) is 0 Å². The van der Waals surface area contributed by atoms with Gasteiger partial charge in [-0.2, -0.15) is 0 Å². The van der Waals surface area contributed by atoms with Crippen LogP contribution in [0.1, 0.15) is 44.6 Å². The maximum Gasteiger partial charge on any atom is 0.317 e. The molecule has 2 amide bonds. The summed E-state index contributed by atoms with van der Waals surface area (Å²) in [5, 5.41) is 14.4. The van der Waals surface area contributed by atoms with Gasteiger partial charge < -0.3 is 10.4 Å². The fraction of sp³-hybridized carbons (Fsp3) is 0.526. The molecule has 1 unspecified atom stereocenters. The first-order valence-electron chi connectivity index (χ1n) is 8.65. The van der Waals surface area contributed by atoms with Crippen LogP contribution in [0.5, 0.6) is 0 Å². The van der Waals surface area contributed by atoms with Crippen molar-refractivity contribution in [1.29, 1.82) is 0 Å². The lowest BCUT2D eigenvalue weighted by Gasteiger charge is -2.31. The van der Waals surface area contributed by atoms with Crippen molar-refractivity contribution in [2.24, 2.45) is 0 Å². The van der Waals surface area contributed by atoms with Crippen molar-refractivity contribution in [2.75, 3.05) is 25.0 Å². The molecule has 0 saturated carbocycles. The third-order valence-corrected chi connectivity index (χ3v) is 4.91. The fourth-order valence-electron chi connectivity index (χ4n) is 3.50. The molecule has 1 atom stereocenters. The van der Waals surface area contributed by atoms with E-state index in [0.717, 1.165) is 31.6 Å². The Hall–Kier alpha value is -2.41. The molecule has 0 bridgehead atoms. The molecule has 1 aromatic rings. The Morgan fingerprint density at radius 3 is 2.38 bits per heavy atom. The largest absolute Gasteiger partial charge is 0.480 e. The van der Waals surface area contributed by atoms with Gasteiger partial charge in [0.05, 0.1) is 6.54 Å². The monoisotopic (exact) mass is 361 g/mol. The second-order valence-electron chi connectivity index (χ2n) is 6.71. The average molecular weight is 361 g/mol. The van der Waals surface area contributed by atoms with Gasteiger partial charge >= 0.3 is 5.97 Å². The Labute approximate surface area is 153 Å². The normalized spacial score (nSPS) is 21.6. The van der Waals surface area contributed by atoms with E-state index in [1.165, 1.54) is 5.56 Å². The highest BCUT2D eigenvalue weighted by molar-refractivity contribution is 6.01. The molecule has 0 radical (unpaired) electrons. The summed E-state index contributed by atoms with van der Waals surface area (Å²) in [5.41, 5.74) is 2.10. The van der Waals surface area contributed by atoms with Crippen molar-refractivity contribution in [3.8, 4) is 0 Å². The molecule has 26 heavy (non-hydrogen) atoms. The zero-order chi connectivity index (χ0) is 17.8. The molecule has 2 saturated heterocycles. The maximum atomic E-state index is 11.8. The molecule has 3 N–H and O–H groups in total. The van der Waals surface area contributed by atoms with Crippen LogP contribution in [0.3, 0.4) is 0 Å². The Bertz CT molecular complexity index is 651. The van der Waals surface area contributed by atoms with Crippen LogP contribution in [0.2, 0.25) is 0 Å². The van der Waals surface area contributed by atoms with Crippen LogP contribution in [0.4, 0.5) is 5.69 Å². The van der Waals surface area contributed by atoms with E-state index >= 15 is 0 Å². The molecule has 142 valence electrons. The first kappa shape index (κ1) is 19.9. The molecular formula is C19H27N3O4. The molecule has 0 aliphatic carbocycles. The third-order valence-electron chi connectivity index (χ3n) is 4.91. The lowest BCUT2D eigenvalue weighted by atomic mass is 9.89. The quantitative estimate of drug-likeness (QED) is 0.692. The smallest absolute Gasteiger partial charge is 0.317 e. The lowest BCUT2D eigenvalue weighted by molar-refractivity contribution is -0.138. The van der Waals surface area contributed by atoms with Crippen LogP contribution in [0.15, 0.2) is 24.3 Å². The number of piperidine rings is 2. The van der Waals surface area contributed by atoms with E-state index < -0.39 is 5.97 Å². The topological polar surface area (TPSA) is 98.7 Å². The number of carboxylic acid groups (broad SMARTS) is 1. The van der Waals surface area contributed by atoms with E-state index in [0.29, 0.717) is 18.8 Å². The molecule has 1 aromatic carbocycles. The Kier molecular flexibility index (Phi) is 6.74. The maximum absolute atomic E-state index is 11.8. The van der Waals surface area contributed by atoms with Crippen LogP contribution in [-0.2, 0) is 14.4 Å². The van der Waals surface area contributed by atoms with E-state index in [4.69, 9.17) is 5.11 Å². The summed E-state index contributed by atoms with van der Waals surface area (Å²) in [6.45, 7) is 1.71. The highest BCUT2D eigenvalue weighted by Gasteiger charge is 2.26. The number of anilines is 1. The summed E-state index contributed by atoms with van der Waals surface area (Å²) in [7, 11) is 0. The molecule has 2 fully saturated rings. The van der Waals surface area contributed by atoms with Crippen molar-refractivity contribution in [3.05, 3.63) is 29.8 Å².